The van der Waals surface area contributed by atoms with Gasteiger partial charge in [-0.1, -0.05) is 30.3 Å². The molecule has 0 radical (unpaired) electrons. The molecule has 1 aliphatic rings. The van der Waals surface area contributed by atoms with Crippen LogP contribution in [0, 0.1) is 0 Å². The molecule has 1 N–H and O–H groups in total. The number of benzene rings is 1. The molecule has 0 aromatic heterocycles. The monoisotopic (exact) mass is 232 g/mol. The van der Waals surface area contributed by atoms with Gasteiger partial charge in [0.25, 0.3) is 0 Å². The highest BCUT2D eigenvalue weighted by atomic mass is 15.2. The van der Waals surface area contributed by atoms with Crippen LogP contribution in [0.25, 0.3) is 0 Å². The van der Waals surface area contributed by atoms with Crippen molar-refractivity contribution in [1.29, 1.82) is 0 Å². The lowest BCUT2D eigenvalue weighted by Gasteiger charge is -2.26. The van der Waals surface area contributed by atoms with Crippen LogP contribution in [0.5, 0.6) is 0 Å². The van der Waals surface area contributed by atoms with Crippen LogP contribution in [-0.4, -0.2) is 29.6 Å². The number of hydrogen-bond donors (Lipinski definition) is 1. The number of likely N-dealkylation sites (tertiary alicyclic amines) is 1. The maximum absolute atomic E-state index is 3.69. The summed E-state index contributed by atoms with van der Waals surface area (Å²) in [7, 11) is 0. The van der Waals surface area contributed by atoms with E-state index >= 15 is 0 Å². The first kappa shape index (κ1) is 12.6. The predicted molar refractivity (Wildman–Crippen MR) is 73.0 cm³/mol. The average molecular weight is 232 g/mol. The summed E-state index contributed by atoms with van der Waals surface area (Å²) in [4.78, 5) is 2.54. The first-order valence-corrected chi connectivity index (χ1v) is 6.57. The van der Waals surface area contributed by atoms with Crippen LogP contribution >= 0.6 is 0 Å². The summed E-state index contributed by atoms with van der Waals surface area (Å²) in [6, 6.07) is 11.4. The molecule has 0 aliphatic carbocycles. The van der Waals surface area contributed by atoms with Crippen molar-refractivity contribution in [2.75, 3.05) is 13.1 Å². The van der Waals surface area contributed by atoms with Crippen LogP contribution in [0.1, 0.15) is 32.8 Å². The van der Waals surface area contributed by atoms with Gasteiger partial charge in [0.15, 0.2) is 0 Å². The van der Waals surface area contributed by atoms with E-state index in [4.69, 9.17) is 0 Å². The maximum atomic E-state index is 3.69. The normalized spacial score (nSPS) is 21.9. The van der Waals surface area contributed by atoms with Gasteiger partial charge in [-0.05, 0) is 32.8 Å². The van der Waals surface area contributed by atoms with Gasteiger partial charge in [-0.15, -0.1) is 0 Å². The lowest BCUT2D eigenvalue weighted by atomic mass is 10.1. The van der Waals surface area contributed by atoms with E-state index in [0.717, 1.165) is 6.54 Å². The molecular formula is C15H24N2. The lowest BCUT2D eigenvalue weighted by Crippen LogP contribution is -2.44. The van der Waals surface area contributed by atoms with Gasteiger partial charge in [0.2, 0.25) is 0 Å². The Kier molecular flexibility index (Phi) is 3.85. The van der Waals surface area contributed by atoms with Crippen molar-refractivity contribution in [2.45, 2.75) is 45.3 Å². The van der Waals surface area contributed by atoms with E-state index in [9.17, 15) is 0 Å². The smallest absolute Gasteiger partial charge is 0.0234 e. The Morgan fingerprint density at radius 1 is 1.24 bits per heavy atom. The molecule has 1 aliphatic heterocycles. The van der Waals surface area contributed by atoms with Gasteiger partial charge < -0.3 is 5.32 Å². The molecule has 0 unspecified atom stereocenters. The van der Waals surface area contributed by atoms with Crippen LogP contribution in [-0.2, 0) is 6.54 Å². The lowest BCUT2D eigenvalue weighted by molar-refractivity contribution is 0.301. The van der Waals surface area contributed by atoms with Gasteiger partial charge in [0, 0.05) is 31.2 Å². The fourth-order valence-corrected chi connectivity index (χ4v) is 2.55. The summed E-state index contributed by atoms with van der Waals surface area (Å²) < 4.78 is 0. The third-order valence-corrected chi connectivity index (χ3v) is 3.16. The van der Waals surface area contributed by atoms with Crippen LogP contribution in [0.4, 0.5) is 0 Å². The zero-order valence-corrected chi connectivity index (χ0v) is 11.2. The molecular weight excluding hydrogens is 208 g/mol. The first-order chi connectivity index (χ1) is 8.03. The molecule has 2 rings (SSSR count). The number of rotatable bonds is 3. The van der Waals surface area contributed by atoms with E-state index in [1.807, 2.05) is 0 Å². The highest BCUT2D eigenvalue weighted by Crippen LogP contribution is 2.15. The molecule has 1 aromatic carbocycles. The highest BCUT2D eigenvalue weighted by Gasteiger charge is 2.25. The molecule has 94 valence electrons. The van der Waals surface area contributed by atoms with Gasteiger partial charge in [-0.3, -0.25) is 4.90 Å². The second-order valence-electron chi connectivity index (χ2n) is 6.10. The topological polar surface area (TPSA) is 15.3 Å². The maximum Gasteiger partial charge on any atom is 0.0234 e. The van der Waals surface area contributed by atoms with E-state index in [1.165, 1.54) is 25.1 Å². The van der Waals surface area contributed by atoms with Crippen molar-refractivity contribution in [3.63, 3.8) is 0 Å². The van der Waals surface area contributed by atoms with Gasteiger partial charge in [-0.2, -0.15) is 0 Å². The van der Waals surface area contributed by atoms with E-state index in [1.54, 1.807) is 0 Å². The molecule has 1 atom stereocenters. The summed E-state index contributed by atoms with van der Waals surface area (Å²) in [6.45, 7) is 10.2. The fraction of sp³-hybridized carbons (Fsp3) is 0.600. The highest BCUT2D eigenvalue weighted by molar-refractivity contribution is 5.14. The Morgan fingerprint density at radius 2 is 1.94 bits per heavy atom. The summed E-state index contributed by atoms with van der Waals surface area (Å²) in [5, 5.41) is 3.69. The number of hydrogen-bond acceptors (Lipinski definition) is 2. The van der Waals surface area contributed by atoms with Crippen LogP contribution < -0.4 is 5.32 Å². The van der Waals surface area contributed by atoms with Crippen molar-refractivity contribution in [1.82, 2.24) is 10.2 Å². The second kappa shape index (κ2) is 5.19. The van der Waals surface area contributed by atoms with E-state index in [2.05, 4.69) is 61.3 Å². The molecule has 0 amide bonds. The van der Waals surface area contributed by atoms with Crippen molar-refractivity contribution in [3.05, 3.63) is 35.9 Å². The molecule has 17 heavy (non-hydrogen) atoms. The zero-order valence-electron chi connectivity index (χ0n) is 11.2. The summed E-state index contributed by atoms with van der Waals surface area (Å²) in [5.41, 5.74) is 1.65. The third-order valence-electron chi connectivity index (χ3n) is 3.16. The molecule has 1 heterocycles. The van der Waals surface area contributed by atoms with Gasteiger partial charge >= 0.3 is 0 Å². The molecule has 0 bridgehead atoms. The third kappa shape index (κ3) is 4.14. The minimum Gasteiger partial charge on any atom is -0.308 e. The molecule has 2 heteroatoms. The van der Waals surface area contributed by atoms with Gasteiger partial charge in [0.05, 0.1) is 0 Å². The number of nitrogens with one attached hydrogen (secondary N) is 1. The Morgan fingerprint density at radius 3 is 2.59 bits per heavy atom. The largest absolute Gasteiger partial charge is 0.308 e. The summed E-state index contributed by atoms with van der Waals surface area (Å²) in [6.07, 6.45) is 1.27. The predicted octanol–water partition coefficient (Wildman–Crippen LogP) is 2.65. The van der Waals surface area contributed by atoms with Crippen molar-refractivity contribution in [3.8, 4) is 0 Å². The molecule has 0 spiro atoms. The van der Waals surface area contributed by atoms with E-state index < -0.39 is 0 Å². The van der Waals surface area contributed by atoms with Gasteiger partial charge in [0.1, 0.15) is 0 Å². The summed E-state index contributed by atoms with van der Waals surface area (Å²) in [5.74, 6) is 0. The van der Waals surface area contributed by atoms with Crippen molar-refractivity contribution < 1.29 is 0 Å². The fourth-order valence-electron chi connectivity index (χ4n) is 2.55. The van der Waals surface area contributed by atoms with Crippen LogP contribution in [0.15, 0.2) is 30.3 Å². The minimum atomic E-state index is 0.230. The molecule has 0 saturated carbocycles. The van der Waals surface area contributed by atoms with Crippen LogP contribution in [0.3, 0.4) is 0 Å². The Hall–Kier alpha value is -0.860. The zero-order chi connectivity index (χ0) is 12.3. The average Bonchev–Trinajstić information content (AvgIpc) is 2.64. The Balaban J connectivity index is 1.82. The van der Waals surface area contributed by atoms with Crippen molar-refractivity contribution in [2.24, 2.45) is 0 Å². The quantitative estimate of drug-likeness (QED) is 0.862. The number of nitrogens with zero attached hydrogens (tertiary/aromatic N) is 1. The minimum absolute atomic E-state index is 0.230. The Labute approximate surface area is 105 Å². The second-order valence-corrected chi connectivity index (χ2v) is 6.10. The Bertz CT molecular complexity index is 340. The van der Waals surface area contributed by atoms with Crippen molar-refractivity contribution >= 4 is 0 Å². The SMILES string of the molecule is CC(C)(C)N[C@@H]1CCN(Cc2ccccc2)C1. The molecule has 1 fully saturated rings. The standard InChI is InChI=1S/C15H24N2/c1-15(2,3)16-14-9-10-17(12-14)11-13-7-5-4-6-8-13/h4-8,14,16H,9-12H2,1-3H3/t14-/m1/s1. The summed E-state index contributed by atoms with van der Waals surface area (Å²) >= 11 is 0. The van der Waals surface area contributed by atoms with Gasteiger partial charge in [-0.25, -0.2) is 0 Å². The molecule has 1 saturated heterocycles. The molecule has 2 nitrogen and oxygen atoms in total. The van der Waals surface area contributed by atoms with Crippen LogP contribution in [0.2, 0.25) is 0 Å². The molecule has 1 aromatic rings. The van der Waals surface area contributed by atoms with E-state index in [-0.39, 0.29) is 5.54 Å². The van der Waals surface area contributed by atoms with E-state index in [0.29, 0.717) is 6.04 Å². The first-order valence-electron chi connectivity index (χ1n) is 6.57.